The number of quaternary nitrogens is 1. The van der Waals surface area contributed by atoms with Crippen LogP contribution in [0.1, 0.15) is 12.0 Å². The Labute approximate surface area is 187 Å². The van der Waals surface area contributed by atoms with Crippen LogP contribution in [0.25, 0.3) is 11.0 Å². The van der Waals surface area contributed by atoms with Crippen LogP contribution in [0.3, 0.4) is 0 Å². The van der Waals surface area contributed by atoms with E-state index in [1.807, 2.05) is 24.3 Å². The van der Waals surface area contributed by atoms with Gasteiger partial charge in [-0.05, 0) is 37.9 Å². The zero-order valence-electron chi connectivity index (χ0n) is 17.7. The second-order valence-corrected chi connectivity index (χ2v) is 9.58. The molecule has 2 unspecified atom stereocenters. The molecular formula is C22H29Cl2N6+. The van der Waals surface area contributed by atoms with Gasteiger partial charge in [-0.1, -0.05) is 29.3 Å². The van der Waals surface area contributed by atoms with Gasteiger partial charge in [-0.15, -0.1) is 0 Å². The van der Waals surface area contributed by atoms with Crippen molar-refractivity contribution in [3.8, 4) is 0 Å². The topological polar surface area (TPSA) is 70.0 Å². The molecule has 4 N–H and O–H groups in total. The summed E-state index contributed by atoms with van der Waals surface area (Å²) in [5.74, 6) is 1.30. The number of fused-ring (bicyclic) bond motifs is 1. The SMILES string of the molecule is CN(C)CC1CC[N+](C)(c2cc3[nH]c(Nc4cc(CN)ccc4Cl)nc3cc2Cl)C1. The number of imidazole rings is 1. The summed E-state index contributed by atoms with van der Waals surface area (Å²) in [7, 11) is 6.54. The Balaban J connectivity index is 1.62. The summed E-state index contributed by atoms with van der Waals surface area (Å²) in [6, 6.07) is 9.80. The van der Waals surface area contributed by atoms with Gasteiger partial charge in [-0.3, -0.25) is 4.48 Å². The average molecular weight is 448 g/mol. The fraction of sp³-hybridized carbons (Fsp3) is 0.409. The Morgan fingerprint density at radius 3 is 2.77 bits per heavy atom. The molecule has 30 heavy (non-hydrogen) atoms. The van der Waals surface area contributed by atoms with Crippen LogP contribution in [0.2, 0.25) is 10.0 Å². The molecule has 0 radical (unpaired) electrons. The van der Waals surface area contributed by atoms with Gasteiger partial charge in [0.25, 0.3) is 0 Å². The number of nitrogens with two attached hydrogens (primary N) is 1. The molecule has 0 spiro atoms. The average Bonchev–Trinajstić information content (AvgIpc) is 3.25. The van der Waals surface area contributed by atoms with E-state index < -0.39 is 0 Å². The predicted octanol–water partition coefficient (Wildman–Crippen LogP) is 4.59. The first kappa shape index (κ1) is 21.4. The number of halogens is 2. The van der Waals surface area contributed by atoms with E-state index in [2.05, 4.69) is 47.4 Å². The van der Waals surface area contributed by atoms with Crippen molar-refractivity contribution in [1.82, 2.24) is 19.4 Å². The second kappa shape index (κ2) is 8.36. The molecular weight excluding hydrogens is 419 g/mol. The van der Waals surface area contributed by atoms with Gasteiger partial charge in [0, 0.05) is 31.5 Å². The van der Waals surface area contributed by atoms with Crippen molar-refractivity contribution < 1.29 is 0 Å². The molecule has 2 aromatic carbocycles. The molecule has 0 saturated carbocycles. The van der Waals surface area contributed by atoms with Gasteiger partial charge in [0.2, 0.25) is 5.95 Å². The minimum Gasteiger partial charge on any atom is -0.326 e. The highest BCUT2D eigenvalue weighted by Crippen LogP contribution is 2.38. The summed E-state index contributed by atoms with van der Waals surface area (Å²) in [5, 5.41) is 4.65. The minimum absolute atomic E-state index is 0.455. The molecule has 6 nitrogen and oxygen atoms in total. The van der Waals surface area contributed by atoms with Gasteiger partial charge in [0.05, 0.1) is 41.9 Å². The van der Waals surface area contributed by atoms with E-state index >= 15 is 0 Å². The monoisotopic (exact) mass is 447 g/mol. The maximum absolute atomic E-state index is 6.73. The third-order valence-corrected chi connectivity index (χ3v) is 6.60. The molecule has 1 aromatic heterocycles. The van der Waals surface area contributed by atoms with Gasteiger partial charge < -0.3 is 20.9 Å². The number of anilines is 2. The van der Waals surface area contributed by atoms with E-state index in [4.69, 9.17) is 28.9 Å². The molecule has 0 aliphatic carbocycles. The Morgan fingerprint density at radius 1 is 1.23 bits per heavy atom. The molecule has 2 heterocycles. The lowest BCUT2D eigenvalue weighted by atomic mass is 10.1. The number of H-pyrrole nitrogens is 1. The Morgan fingerprint density at radius 2 is 2.03 bits per heavy atom. The zero-order valence-corrected chi connectivity index (χ0v) is 19.2. The van der Waals surface area contributed by atoms with Crippen LogP contribution in [0.15, 0.2) is 30.3 Å². The number of benzene rings is 2. The Bertz CT molecular complexity index is 1060. The van der Waals surface area contributed by atoms with Crippen molar-refractivity contribution in [3.05, 3.63) is 45.9 Å². The fourth-order valence-corrected chi connectivity index (χ4v) is 5.05. The molecule has 1 aliphatic rings. The normalized spacial score (nSPS) is 21.6. The van der Waals surface area contributed by atoms with E-state index in [0.29, 0.717) is 23.4 Å². The van der Waals surface area contributed by atoms with E-state index in [0.717, 1.165) is 57.1 Å². The van der Waals surface area contributed by atoms with Gasteiger partial charge >= 0.3 is 0 Å². The second-order valence-electron chi connectivity index (χ2n) is 8.77. The van der Waals surface area contributed by atoms with E-state index in [1.165, 1.54) is 6.42 Å². The predicted molar refractivity (Wildman–Crippen MR) is 128 cm³/mol. The lowest BCUT2D eigenvalue weighted by molar-refractivity contribution is 0.315. The van der Waals surface area contributed by atoms with Crippen LogP contribution in [0.4, 0.5) is 17.3 Å². The highest BCUT2D eigenvalue weighted by Gasteiger charge is 2.38. The first-order valence-electron chi connectivity index (χ1n) is 10.2. The molecule has 2 atom stereocenters. The van der Waals surface area contributed by atoms with E-state index in [-0.39, 0.29) is 0 Å². The number of likely N-dealkylation sites (tertiary alicyclic amines) is 1. The largest absolute Gasteiger partial charge is 0.326 e. The Kier molecular flexibility index (Phi) is 5.97. The number of nitrogens with one attached hydrogen (secondary N) is 2. The van der Waals surface area contributed by atoms with Crippen molar-refractivity contribution in [2.45, 2.75) is 13.0 Å². The molecule has 3 aromatic rings. The van der Waals surface area contributed by atoms with E-state index in [1.54, 1.807) is 0 Å². The van der Waals surface area contributed by atoms with Crippen LogP contribution < -0.4 is 15.5 Å². The first-order chi connectivity index (χ1) is 14.3. The van der Waals surface area contributed by atoms with Gasteiger partial charge in [0.1, 0.15) is 5.02 Å². The zero-order chi connectivity index (χ0) is 21.5. The number of hydrogen-bond donors (Lipinski definition) is 3. The lowest BCUT2D eigenvalue weighted by Crippen LogP contribution is -2.43. The maximum Gasteiger partial charge on any atom is 0.205 e. The molecule has 4 rings (SSSR count). The van der Waals surface area contributed by atoms with Crippen molar-refractivity contribution in [2.75, 3.05) is 46.1 Å². The first-order valence-corrected chi connectivity index (χ1v) is 11.0. The number of hydrogen-bond acceptors (Lipinski definition) is 4. The molecule has 0 bridgehead atoms. The highest BCUT2D eigenvalue weighted by molar-refractivity contribution is 6.34. The summed E-state index contributed by atoms with van der Waals surface area (Å²) < 4.78 is 0.847. The highest BCUT2D eigenvalue weighted by atomic mass is 35.5. The van der Waals surface area contributed by atoms with Crippen molar-refractivity contribution in [3.63, 3.8) is 0 Å². The molecule has 0 amide bonds. The maximum atomic E-state index is 6.73. The Hall–Kier alpha value is -1.83. The van der Waals surface area contributed by atoms with Crippen molar-refractivity contribution in [1.29, 1.82) is 0 Å². The fourth-order valence-electron chi connectivity index (χ4n) is 4.52. The smallest absolute Gasteiger partial charge is 0.205 e. The molecule has 1 fully saturated rings. The van der Waals surface area contributed by atoms with Crippen LogP contribution in [-0.4, -0.2) is 55.6 Å². The van der Waals surface area contributed by atoms with Gasteiger partial charge in [0.15, 0.2) is 5.69 Å². The molecule has 160 valence electrons. The minimum atomic E-state index is 0.455. The quantitative estimate of drug-likeness (QED) is 0.483. The third kappa shape index (κ3) is 4.29. The van der Waals surface area contributed by atoms with Gasteiger partial charge in [-0.25, -0.2) is 4.98 Å². The summed E-state index contributed by atoms with van der Waals surface area (Å²) in [4.78, 5) is 10.3. The molecule has 8 heteroatoms. The number of aromatic nitrogens is 2. The van der Waals surface area contributed by atoms with Crippen molar-refractivity contribution >= 4 is 51.6 Å². The number of aromatic amines is 1. The summed E-state index contributed by atoms with van der Waals surface area (Å²) in [6.45, 7) is 3.74. The van der Waals surface area contributed by atoms with Crippen LogP contribution in [0.5, 0.6) is 0 Å². The molecule has 1 aliphatic heterocycles. The van der Waals surface area contributed by atoms with Crippen LogP contribution >= 0.6 is 23.2 Å². The summed E-state index contributed by atoms with van der Waals surface area (Å²) >= 11 is 13.1. The van der Waals surface area contributed by atoms with E-state index in [9.17, 15) is 0 Å². The standard InChI is InChI=1S/C22H29Cl2N6/c1-29(2)12-15-6-7-30(3,13-15)21-10-20-19(9-17(21)24)27-22(28-20)26-18-8-14(11-25)4-5-16(18)23/h4-5,8-10,15H,6-7,11-13,25H2,1-3H3,(H2,26,27,28)/q+1. The number of nitrogens with zero attached hydrogens (tertiary/aromatic N) is 3. The number of rotatable bonds is 6. The lowest BCUT2D eigenvalue weighted by Gasteiger charge is -2.30. The van der Waals surface area contributed by atoms with Crippen LogP contribution in [0, 0.1) is 5.92 Å². The van der Waals surface area contributed by atoms with Gasteiger partial charge in [-0.2, -0.15) is 0 Å². The van der Waals surface area contributed by atoms with Crippen molar-refractivity contribution in [2.24, 2.45) is 11.7 Å². The van der Waals surface area contributed by atoms with Crippen LogP contribution in [-0.2, 0) is 6.54 Å². The summed E-state index contributed by atoms with van der Waals surface area (Å²) in [6.07, 6.45) is 1.20. The summed E-state index contributed by atoms with van der Waals surface area (Å²) in [5.41, 5.74) is 10.5. The third-order valence-electron chi connectivity index (χ3n) is 5.97. The molecule has 1 saturated heterocycles.